The molecule has 0 bridgehead atoms. The number of piperidine rings is 1. The van der Waals surface area contributed by atoms with Gasteiger partial charge in [-0.25, -0.2) is 4.79 Å². The van der Waals surface area contributed by atoms with Gasteiger partial charge in [0.15, 0.2) is 6.29 Å². The van der Waals surface area contributed by atoms with Crippen LogP contribution in [0, 0.1) is 0 Å². The van der Waals surface area contributed by atoms with Crippen LogP contribution in [0.3, 0.4) is 0 Å². The number of hydrogen-bond donors (Lipinski definition) is 0. The average molecular weight is 309 g/mol. The molecule has 0 aliphatic carbocycles. The average Bonchev–Trinajstić information content (AvgIpc) is 3.05. The quantitative estimate of drug-likeness (QED) is 0.774. The molecule has 0 saturated carbocycles. The van der Waals surface area contributed by atoms with Crippen molar-refractivity contribution in [2.75, 3.05) is 19.8 Å². The van der Waals surface area contributed by atoms with Crippen molar-refractivity contribution in [2.45, 2.75) is 38.1 Å². The maximum absolute atomic E-state index is 12.0. The molecule has 122 valence electrons. The molecule has 3 rings (SSSR count). The fraction of sp³-hybridized carbons (Fsp3) is 0.733. The van der Waals surface area contributed by atoms with Crippen LogP contribution in [0.1, 0.15) is 25.0 Å². The molecule has 2 aliphatic rings. The Bertz CT molecular complexity index is 645. The fourth-order valence-electron chi connectivity index (χ4n) is 3.26. The molecule has 7 heteroatoms. The smallest absolute Gasteiger partial charge is 0.330 e. The van der Waals surface area contributed by atoms with Crippen molar-refractivity contribution in [3.63, 3.8) is 0 Å². The van der Waals surface area contributed by atoms with E-state index in [0.29, 0.717) is 19.8 Å². The van der Waals surface area contributed by atoms with Crippen molar-refractivity contribution >= 4 is 0 Å². The van der Waals surface area contributed by atoms with Crippen LogP contribution in [0.25, 0.3) is 0 Å². The lowest BCUT2D eigenvalue weighted by Gasteiger charge is -2.38. The standard InChI is InChI=1S/C15H23N3O4/c1-16-11(9-13(19)17(2)15(16)20)10-18-6-4-3-5-12(18)14-21-7-8-22-14/h9,12,14H,3-8,10H2,1-2H3/t12-/m0/s1. The van der Waals surface area contributed by atoms with Crippen molar-refractivity contribution in [1.29, 1.82) is 0 Å². The summed E-state index contributed by atoms with van der Waals surface area (Å²) in [7, 11) is 3.21. The predicted octanol–water partition coefficient (Wildman–Crippen LogP) is -0.189. The molecule has 7 nitrogen and oxygen atoms in total. The summed E-state index contributed by atoms with van der Waals surface area (Å²) >= 11 is 0. The van der Waals surface area contributed by atoms with E-state index in [0.717, 1.165) is 36.1 Å². The summed E-state index contributed by atoms with van der Waals surface area (Å²) < 4.78 is 14.0. The Hall–Kier alpha value is -1.44. The van der Waals surface area contributed by atoms with E-state index in [1.807, 2.05) is 0 Å². The normalized spacial score (nSPS) is 24.0. The first kappa shape index (κ1) is 15.5. The number of aromatic nitrogens is 2. The third kappa shape index (κ3) is 2.88. The van der Waals surface area contributed by atoms with E-state index in [9.17, 15) is 9.59 Å². The number of ether oxygens (including phenoxy) is 2. The molecule has 2 aliphatic heterocycles. The second-order valence-electron chi connectivity index (χ2n) is 6.02. The van der Waals surface area contributed by atoms with Crippen molar-refractivity contribution in [1.82, 2.24) is 14.0 Å². The number of likely N-dealkylation sites (tertiary alicyclic amines) is 1. The van der Waals surface area contributed by atoms with Gasteiger partial charge in [-0.05, 0) is 19.4 Å². The van der Waals surface area contributed by atoms with Crippen molar-refractivity contribution in [2.24, 2.45) is 14.1 Å². The molecular formula is C15H23N3O4. The molecule has 0 aromatic carbocycles. The maximum atomic E-state index is 12.0. The highest BCUT2D eigenvalue weighted by Crippen LogP contribution is 2.25. The van der Waals surface area contributed by atoms with E-state index in [2.05, 4.69) is 4.90 Å². The van der Waals surface area contributed by atoms with Crippen LogP contribution in [0.15, 0.2) is 15.7 Å². The third-order valence-electron chi connectivity index (χ3n) is 4.62. The molecule has 2 saturated heterocycles. The van der Waals surface area contributed by atoms with Crippen LogP contribution in [0.2, 0.25) is 0 Å². The van der Waals surface area contributed by atoms with E-state index in [4.69, 9.17) is 9.47 Å². The lowest BCUT2D eigenvalue weighted by molar-refractivity contribution is -0.111. The molecule has 0 radical (unpaired) electrons. The minimum Gasteiger partial charge on any atom is -0.349 e. The molecular weight excluding hydrogens is 286 g/mol. The molecule has 22 heavy (non-hydrogen) atoms. The molecule has 1 aromatic rings. The van der Waals surface area contributed by atoms with Crippen LogP contribution in [-0.2, 0) is 30.1 Å². The van der Waals surface area contributed by atoms with Crippen LogP contribution < -0.4 is 11.2 Å². The zero-order valence-electron chi connectivity index (χ0n) is 13.2. The summed E-state index contributed by atoms with van der Waals surface area (Å²) in [4.78, 5) is 26.2. The van der Waals surface area contributed by atoms with Gasteiger partial charge in [0, 0.05) is 32.4 Å². The first-order chi connectivity index (χ1) is 10.6. The Morgan fingerprint density at radius 1 is 1.14 bits per heavy atom. The first-order valence-corrected chi connectivity index (χ1v) is 7.81. The van der Waals surface area contributed by atoms with Crippen LogP contribution in [0.4, 0.5) is 0 Å². The molecule has 3 heterocycles. The second kappa shape index (κ2) is 6.36. The summed E-state index contributed by atoms with van der Waals surface area (Å²) in [6, 6.07) is 1.74. The number of rotatable bonds is 3. The predicted molar refractivity (Wildman–Crippen MR) is 80.7 cm³/mol. The highest BCUT2D eigenvalue weighted by atomic mass is 16.7. The fourth-order valence-corrected chi connectivity index (χ4v) is 3.26. The van der Waals surface area contributed by atoms with Gasteiger partial charge in [-0.1, -0.05) is 6.42 Å². The van der Waals surface area contributed by atoms with E-state index in [-0.39, 0.29) is 23.6 Å². The highest BCUT2D eigenvalue weighted by molar-refractivity contribution is 5.03. The van der Waals surface area contributed by atoms with E-state index in [1.165, 1.54) is 7.05 Å². The Morgan fingerprint density at radius 3 is 2.59 bits per heavy atom. The third-order valence-corrected chi connectivity index (χ3v) is 4.62. The largest absolute Gasteiger partial charge is 0.349 e. The van der Waals surface area contributed by atoms with E-state index in [1.54, 1.807) is 17.7 Å². The van der Waals surface area contributed by atoms with Crippen molar-refractivity contribution in [3.05, 3.63) is 32.6 Å². The number of nitrogens with zero attached hydrogens (tertiary/aromatic N) is 3. The zero-order valence-corrected chi connectivity index (χ0v) is 13.2. The van der Waals surface area contributed by atoms with Crippen LogP contribution in [0.5, 0.6) is 0 Å². The lowest BCUT2D eigenvalue weighted by atomic mass is 10.0. The number of hydrogen-bond acceptors (Lipinski definition) is 5. The van der Waals surface area contributed by atoms with E-state index < -0.39 is 0 Å². The summed E-state index contributed by atoms with van der Waals surface area (Å²) in [5, 5.41) is 0. The summed E-state index contributed by atoms with van der Waals surface area (Å²) in [5.41, 5.74) is 0.183. The Kier molecular flexibility index (Phi) is 4.46. The van der Waals surface area contributed by atoms with Gasteiger partial charge in [0.2, 0.25) is 0 Å². The highest BCUT2D eigenvalue weighted by Gasteiger charge is 2.33. The van der Waals surface area contributed by atoms with Crippen molar-refractivity contribution in [3.8, 4) is 0 Å². The van der Waals surface area contributed by atoms with Gasteiger partial charge in [-0.15, -0.1) is 0 Å². The van der Waals surface area contributed by atoms with E-state index >= 15 is 0 Å². The van der Waals surface area contributed by atoms with Crippen molar-refractivity contribution < 1.29 is 9.47 Å². The van der Waals surface area contributed by atoms with Gasteiger partial charge in [-0.2, -0.15) is 0 Å². The lowest BCUT2D eigenvalue weighted by Crippen LogP contribution is -2.48. The van der Waals surface area contributed by atoms with Gasteiger partial charge < -0.3 is 9.47 Å². The Morgan fingerprint density at radius 2 is 1.86 bits per heavy atom. The molecule has 0 N–H and O–H groups in total. The first-order valence-electron chi connectivity index (χ1n) is 7.81. The summed E-state index contributed by atoms with van der Waals surface area (Å²) in [6.07, 6.45) is 3.09. The minimum absolute atomic E-state index is 0.190. The van der Waals surface area contributed by atoms with Gasteiger partial charge in [0.05, 0.1) is 19.3 Å². The van der Waals surface area contributed by atoms with Crippen LogP contribution >= 0.6 is 0 Å². The second-order valence-corrected chi connectivity index (χ2v) is 6.02. The SMILES string of the molecule is Cn1c(CN2CCCC[C@H]2C2OCCO2)cc(=O)n(C)c1=O. The summed E-state index contributed by atoms with van der Waals surface area (Å²) in [5.74, 6) is 0. The Labute approximate surface area is 129 Å². The van der Waals surface area contributed by atoms with Gasteiger partial charge in [0.25, 0.3) is 5.56 Å². The monoisotopic (exact) mass is 309 g/mol. The topological polar surface area (TPSA) is 65.7 Å². The molecule has 1 atom stereocenters. The van der Waals surface area contributed by atoms with Crippen LogP contribution in [-0.4, -0.2) is 46.1 Å². The van der Waals surface area contributed by atoms with Gasteiger partial charge in [0.1, 0.15) is 0 Å². The molecule has 0 unspecified atom stereocenters. The summed E-state index contributed by atoms with van der Waals surface area (Å²) in [6.45, 7) is 2.77. The maximum Gasteiger partial charge on any atom is 0.330 e. The molecule has 0 amide bonds. The Balaban J connectivity index is 1.84. The van der Waals surface area contributed by atoms with Gasteiger partial charge in [-0.3, -0.25) is 18.8 Å². The molecule has 2 fully saturated rings. The molecule has 1 aromatic heterocycles. The van der Waals surface area contributed by atoms with Gasteiger partial charge >= 0.3 is 5.69 Å². The molecule has 0 spiro atoms. The zero-order chi connectivity index (χ0) is 15.7. The minimum atomic E-state index is -0.288.